The number of nitrogens with zero attached hydrogens (tertiary/aromatic N) is 1. The van der Waals surface area contributed by atoms with E-state index >= 15 is 0 Å². The number of hydrogen-bond acceptors (Lipinski definition) is 4. The first-order chi connectivity index (χ1) is 8.95. The van der Waals surface area contributed by atoms with Crippen molar-refractivity contribution in [3.05, 3.63) is 0 Å². The molecule has 1 rings (SSSR count). The molecule has 0 aliphatic heterocycles. The number of hydrogen-bond donors (Lipinski definition) is 3. The van der Waals surface area contributed by atoms with Crippen molar-refractivity contribution in [1.29, 1.82) is 0 Å². The molecular formula is C12H22N4O3. The van der Waals surface area contributed by atoms with Crippen molar-refractivity contribution in [3.8, 4) is 0 Å². The summed E-state index contributed by atoms with van der Waals surface area (Å²) < 4.78 is 0. The minimum absolute atomic E-state index is 0.101. The number of carbonyl (C=O) groups is 3. The fourth-order valence-electron chi connectivity index (χ4n) is 2.64. The van der Waals surface area contributed by atoms with E-state index in [0.29, 0.717) is 6.54 Å². The summed E-state index contributed by atoms with van der Waals surface area (Å²) in [6.07, 6.45) is 3.63. The van der Waals surface area contributed by atoms with Gasteiger partial charge in [0.05, 0.1) is 13.1 Å². The molecular weight excluding hydrogens is 248 g/mol. The predicted molar refractivity (Wildman–Crippen MR) is 69.5 cm³/mol. The Labute approximate surface area is 112 Å². The third-order valence-corrected chi connectivity index (χ3v) is 3.53. The number of primary amides is 2. The number of rotatable bonds is 6. The Kier molecular flexibility index (Phi) is 5.75. The lowest BCUT2D eigenvalue weighted by atomic mass is 9.78. The van der Waals surface area contributed by atoms with E-state index in [1.807, 2.05) is 0 Å². The van der Waals surface area contributed by atoms with Gasteiger partial charge >= 0.3 is 0 Å². The predicted octanol–water partition coefficient (Wildman–Crippen LogP) is -1.45. The summed E-state index contributed by atoms with van der Waals surface area (Å²) in [5.41, 5.74) is 15.9. The maximum absolute atomic E-state index is 12.4. The van der Waals surface area contributed by atoms with Gasteiger partial charge in [-0.1, -0.05) is 12.8 Å². The topological polar surface area (TPSA) is 133 Å². The second-order valence-electron chi connectivity index (χ2n) is 5.01. The smallest absolute Gasteiger partial charge is 0.237 e. The number of carbonyl (C=O) groups excluding carboxylic acids is 3. The molecule has 0 radical (unpaired) electrons. The van der Waals surface area contributed by atoms with E-state index in [1.54, 1.807) is 0 Å². The van der Waals surface area contributed by atoms with Gasteiger partial charge in [-0.05, 0) is 25.3 Å². The first kappa shape index (κ1) is 15.4. The van der Waals surface area contributed by atoms with E-state index in [1.165, 1.54) is 0 Å². The quantitative estimate of drug-likeness (QED) is 0.544. The van der Waals surface area contributed by atoms with Crippen LogP contribution in [0.15, 0.2) is 0 Å². The van der Waals surface area contributed by atoms with Crippen LogP contribution in [0.4, 0.5) is 0 Å². The van der Waals surface area contributed by atoms with Crippen molar-refractivity contribution in [2.24, 2.45) is 29.0 Å². The minimum atomic E-state index is -0.658. The summed E-state index contributed by atoms with van der Waals surface area (Å²) in [5.74, 6) is -1.70. The molecule has 0 aromatic carbocycles. The summed E-state index contributed by atoms with van der Waals surface area (Å²) in [5, 5.41) is 0. The van der Waals surface area contributed by atoms with E-state index < -0.39 is 11.8 Å². The lowest BCUT2D eigenvalue weighted by Gasteiger charge is -2.33. The molecule has 2 atom stereocenters. The third kappa shape index (κ3) is 4.51. The van der Waals surface area contributed by atoms with Crippen LogP contribution in [-0.4, -0.2) is 42.3 Å². The molecule has 0 aromatic heterocycles. The molecule has 7 nitrogen and oxygen atoms in total. The van der Waals surface area contributed by atoms with Crippen molar-refractivity contribution in [2.45, 2.75) is 25.7 Å². The van der Waals surface area contributed by atoms with E-state index in [4.69, 9.17) is 17.2 Å². The maximum atomic E-state index is 12.4. The highest BCUT2D eigenvalue weighted by Gasteiger charge is 2.33. The van der Waals surface area contributed by atoms with Crippen LogP contribution in [0, 0.1) is 11.8 Å². The summed E-state index contributed by atoms with van der Waals surface area (Å²) in [7, 11) is 0. The first-order valence-electron chi connectivity index (χ1n) is 6.51. The summed E-state index contributed by atoms with van der Waals surface area (Å²) in [6.45, 7) is -0.136. The molecule has 1 fully saturated rings. The lowest BCUT2D eigenvalue weighted by Crippen LogP contribution is -2.48. The highest BCUT2D eigenvalue weighted by atomic mass is 16.2. The van der Waals surface area contributed by atoms with E-state index in [0.717, 1.165) is 30.6 Å². The van der Waals surface area contributed by atoms with E-state index in [-0.39, 0.29) is 30.8 Å². The van der Waals surface area contributed by atoms with Crippen LogP contribution in [0.1, 0.15) is 25.7 Å². The molecule has 6 N–H and O–H groups in total. The third-order valence-electron chi connectivity index (χ3n) is 3.53. The van der Waals surface area contributed by atoms with Crippen molar-refractivity contribution in [2.75, 3.05) is 19.6 Å². The van der Waals surface area contributed by atoms with Crippen LogP contribution < -0.4 is 17.2 Å². The van der Waals surface area contributed by atoms with Crippen molar-refractivity contribution in [3.63, 3.8) is 0 Å². The molecule has 0 saturated heterocycles. The molecule has 3 amide bonds. The monoisotopic (exact) mass is 270 g/mol. The molecule has 19 heavy (non-hydrogen) atoms. The fourth-order valence-corrected chi connectivity index (χ4v) is 2.64. The SMILES string of the molecule is NCC1CCCCC1C(=O)N(CC(N)=O)CC(N)=O. The van der Waals surface area contributed by atoms with Gasteiger partial charge in [0.2, 0.25) is 17.7 Å². The molecule has 108 valence electrons. The molecule has 1 aliphatic carbocycles. The minimum Gasteiger partial charge on any atom is -0.368 e. The molecule has 1 aliphatic rings. The maximum Gasteiger partial charge on any atom is 0.237 e. The Hall–Kier alpha value is -1.63. The Morgan fingerprint density at radius 3 is 2.00 bits per heavy atom. The Morgan fingerprint density at radius 1 is 1.00 bits per heavy atom. The van der Waals surface area contributed by atoms with Crippen LogP contribution in [-0.2, 0) is 14.4 Å². The number of amides is 3. The molecule has 2 unspecified atom stereocenters. The second-order valence-corrected chi connectivity index (χ2v) is 5.01. The average molecular weight is 270 g/mol. The summed E-state index contributed by atoms with van der Waals surface area (Å²) >= 11 is 0. The van der Waals surface area contributed by atoms with Crippen LogP contribution in [0.2, 0.25) is 0 Å². The van der Waals surface area contributed by atoms with Gasteiger partial charge in [-0.25, -0.2) is 0 Å². The standard InChI is InChI=1S/C12H22N4O3/c13-5-8-3-1-2-4-9(8)12(19)16(6-10(14)17)7-11(15)18/h8-9H,1-7,13H2,(H2,14,17)(H2,15,18). The normalized spacial score (nSPS) is 22.8. The van der Waals surface area contributed by atoms with Gasteiger partial charge in [-0.15, -0.1) is 0 Å². The lowest BCUT2D eigenvalue weighted by molar-refractivity contribution is -0.143. The molecule has 7 heteroatoms. The van der Waals surface area contributed by atoms with E-state index in [2.05, 4.69) is 0 Å². The molecule has 0 aromatic rings. The van der Waals surface area contributed by atoms with Crippen LogP contribution in [0.5, 0.6) is 0 Å². The van der Waals surface area contributed by atoms with Crippen LogP contribution in [0.25, 0.3) is 0 Å². The van der Waals surface area contributed by atoms with Gasteiger partial charge in [-0.3, -0.25) is 14.4 Å². The molecule has 0 spiro atoms. The molecule has 0 bridgehead atoms. The van der Waals surface area contributed by atoms with Gasteiger partial charge < -0.3 is 22.1 Å². The van der Waals surface area contributed by atoms with Crippen molar-refractivity contribution >= 4 is 17.7 Å². The van der Waals surface area contributed by atoms with E-state index in [9.17, 15) is 14.4 Å². The Bertz CT molecular complexity index is 343. The largest absolute Gasteiger partial charge is 0.368 e. The second kappa shape index (κ2) is 7.08. The van der Waals surface area contributed by atoms with Gasteiger partial charge in [-0.2, -0.15) is 0 Å². The highest BCUT2D eigenvalue weighted by Crippen LogP contribution is 2.30. The highest BCUT2D eigenvalue weighted by molar-refractivity contribution is 5.89. The van der Waals surface area contributed by atoms with Gasteiger partial charge in [0.1, 0.15) is 0 Å². The van der Waals surface area contributed by atoms with Crippen LogP contribution in [0.3, 0.4) is 0 Å². The average Bonchev–Trinajstić information content (AvgIpc) is 2.36. The van der Waals surface area contributed by atoms with Gasteiger partial charge in [0.25, 0.3) is 0 Å². The van der Waals surface area contributed by atoms with Gasteiger partial charge in [0, 0.05) is 5.92 Å². The molecule has 0 heterocycles. The number of nitrogens with two attached hydrogens (primary N) is 3. The zero-order chi connectivity index (χ0) is 14.4. The van der Waals surface area contributed by atoms with Gasteiger partial charge in [0.15, 0.2) is 0 Å². The summed E-state index contributed by atoms with van der Waals surface area (Å²) in [6, 6.07) is 0. The van der Waals surface area contributed by atoms with Crippen molar-refractivity contribution < 1.29 is 14.4 Å². The Balaban J connectivity index is 2.78. The zero-order valence-corrected chi connectivity index (χ0v) is 11.0. The van der Waals surface area contributed by atoms with Crippen LogP contribution >= 0.6 is 0 Å². The Morgan fingerprint density at radius 2 is 1.53 bits per heavy atom. The fraction of sp³-hybridized carbons (Fsp3) is 0.750. The van der Waals surface area contributed by atoms with Crippen molar-refractivity contribution in [1.82, 2.24) is 4.90 Å². The first-order valence-corrected chi connectivity index (χ1v) is 6.51. The zero-order valence-electron chi connectivity index (χ0n) is 11.0. The molecule has 1 saturated carbocycles. The summed E-state index contributed by atoms with van der Waals surface area (Å²) in [4.78, 5) is 35.5.